The Morgan fingerprint density at radius 1 is 0.931 bits per heavy atom. The lowest BCUT2D eigenvalue weighted by Crippen LogP contribution is -2.52. The molecule has 0 unspecified atom stereocenters. The topological polar surface area (TPSA) is 125 Å². The molecule has 0 bridgehead atoms. The van der Waals surface area contributed by atoms with Gasteiger partial charge in [-0.25, -0.2) is 0 Å². The molecule has 3 aromatic carbocycles. The number of nitrogens with two attached hydrogens (primary N) is 1. The summed E-state index contributed by atoms with van der Waals surface area (Å²) >= 11 is 0. The van der Waals surface area contributed by atoms with E-state index < -0.39 is 30.5 Å². The van der Waals surface area contributed by atoms with E-state index in [4.69, 9.17) is 10.8 Å². The molecule has 29 heavy (non-hydrogen) atoms. The van der Waals surface area contributed by atoms with E-state index in [2.05, 4.69) is 10.6 Å². The van der Waals surface area contributed by atoms with Crippen LogP contribution in [0.15, 0.2) is 66.7 Å². The van der Waals surface area contributed by atoms with Crippen molar-refractivity contribution in [2.24, 2.45) is 5.73 Å². The van der Waals surface area contributed by atoms with Gasteiger partial charge in [0.05, 0.1) is 6.61 Å². The smallest absolute Gasteiger partial charge is 0.247 e. The second-order valence-corrected chi connectivity index (χ2v) is 6.77. The van der Waals surface area contributed by atoms with E-state index in [-0.39, 0.29) is 12.2 Å². The third kappa shape index (κ3) is 5.31. The summed E-state index contributed by atoms with van der Waals surface area (Å²) in [5.41, 5.74) is 6.92. The molecule has 0 radical (unpaired) electrons. The van der Waals surface area contributed by atoms with Gasteiger partial charge in [-0.15, -0.1) is 0 Å². The fourth-order valence-corrected chi connectivity index (χ4v) is 2.94. The number of amides is 2. The molecule has 2 atom stereocenters. The van der Waals surface area contributed by atoms with Crippen LogP contribution in [0.25, 0.3) is 10.8 Å². The van der Waals surface area contributed by atoms with Gasteiger partial charge >= 0.3 is 0 Å². The van der Waals surface area contributed by atoms with Gasteiger partial charge in [0.1, 0.15) is 17.8 Å². The second kappa shape index (κ2) is 9.18. The summed E-state index contributed by atoms with van der Waals surface area (Å²) in [5.74, 6) is -0.922. The minimum atomic E-state index is -1.12. The number of carbonyl (C=O) groups is 2. The monoisotopic (exact) mass is 393 g/mol. The number of anilines is 1. The van der Waals surface area contributed by atoms with Crippen LogP contribution in [0.1, 0.15) is 5.56 Å². The van der Waals surface area contributed by atoms with Crippen molar-refractivity contribution < 1.29 is 19.8 Å². The van der Waals surface area contributed by atoms with Crippen LogP contribution in [0.3, 0.4) is 0 Å². The number of phenols is 1. The summed E-state index contributed by atoms with van der Waals surface area (Å²) in [6, 6.07) is 17.7. The number of benzene rings is 3. The van der Waals surface area contributed by atoms with Crippen LogP contribution in [0.4, 0.5) is 5.69 Å². The normalized spacial score (nSPS) is 12.9. The molecule has 0 saturated carbocycles. The fraction of sp³-hybridized carbons (Fsp3) is 0.182. The van der Waals surface area contributed by atoms with Crippen LogP contribution in [0.5, 0.6) is 5.75 Å². The van der Waals surface area contributed by atoms with E-state index in [1.165, 1.54) is 12.1 Å². The quantitative estimate of drug-likeness (QED) is 0.416. The Kier molecular flexibility index (Phi) is 6.43. The first-order valence-electron chi connectivity index (χ1n) is 9.20. The second-order valence-electron chi connectivity index (χ2n) is 6.77. The Morgan fingerprint density at radius 3 is 2.31 bits per heavy atom. The van der Waals surface area contributed by atoms with Gasteiger partial charge in [0.15, 0.2) is 0 Å². The first-order chi connectivity index (χ1) is 14.0. The van der Waals surface area contributed by atoms with Crippen molar-refractivity contribution in [1.82, 2.24) is 5.32 Å². The number of aliphatic hydroxyl groups is 1. The molecule has 0 aliphatic rings. The lowest BCUT2D eigenvalue weighted by atomic mass is 10.0. The summed E-state index contributed by atoms with van der Waals surface area (Å²) < 4.78 is 0. The number of aliphatic hydroxyl groups excluding tert-OH is 1. The Labute approximate surface area is 168 Å². The maximum Gasteiger partial charge on any atom is 0.247 e. The zero-order valence-electron chi connectivity index (χ0n) is 15.7. The van der Waals surface area contributed by atoms with Crippen molar-refractivity contribution in [2.75, 3.05) is 11.9 Å². The highest BCUT2D eigenvalue weighted by molar-refractivity contribution is 5.99. The highest BCUT2D eigenvalue weighted by atomic mass is 16.3. The molecule has 0 fully saturated rings. The Hall–Kier alpha value is -3.42. The Morgan fingerprint density at radius 2 is 1.62 bits per heavy atom. The molecule has 0 aliphatic carbocycles. The number of fused-ring (bicyclic) bond motifs is 1. The standard InChI is InChI=1S/C22H23N3O4/c23-19(13-26)21(28)25-20(11-14-5-9-18(27)10-6-14)22(29)24-17-8-7-15-3-1-2-4-16(15)12-17/h1-10,12,19-20,26-27H,11,13,23H2,(H,24,29)(H,25,28)/t19-,20-/m0/s1. The highest BCUT2D eigenvalue weighted by Crippen LogP contribution is 2.19. The molecule has 150 valence electrons. The maximum atomic E-state index is 12.9. The maximum absolute atomic E-state index is 12.9. The lowest BCUT2D eigenvalue weighted by Gasteiger charge is -2.20. The van der Waals surface area contributed by atoms with E-state index in [0.717, 1.165) is 16.3 Å². The van der Waals surface area contributed by atoms with Gasteiger partial charge in [-0.2, -0.15) is 0 Å². The van der Waals surface area contributed by atoms with Gasteiger partial charge < -0.3 is 26.6 Å². The number of aromatic hydroxyl groups is 1. The molecule has 0 aliphatic heterocycles. The van der Waals surface area contributed by atoms with Crippen molar-refractivity contribution in [2.45, 2.75) is 18.5 Å². The van der Waals surface area contributed by atoms with E-state index in [9.17, 15) is 14.7 Å². The summed E-state index contributed by atoms with van der Waals surface area (Å²) in [5, 5.41) is 26.0. The molecule has 6 N–H and O–H groups in total. The molecule has 0 aromatic heterocycles. The zero-order chi connectivity index (χ0) is 20.8. The van der Waals surface area contributed by atoms with Gasteiger partial charge in [0.25, 0.3) is 0 Å². The molecule has 0 spiro atoms. The highest BCUT2D eigenvalue weighted by Gasteiger charge is 2.24. The van der Waals surface area contributed by atoms with Crippen LogP contribution >= 0.6 is 0 Å². The predicted molar refractivity (Wildman–Crippen MR) is 111 cm³/mol. The van der Waals surface area contributed by atoms with Crippen LogP contribution in [-0.4, -0.2) is 40.7 Å². The van der Waals surface area contributed by atoms with Gasteiger partial charge in [-0.05, 0) is 40.6 Å². The molecule has 7 nitrogen and oxygen atoms in total. The largest absolute Gasteiger partial charge is 0.508 e. The lowest BCUT2D eigenvalue weighted by molar-refractivity contribution is -0.127. The third-order valence-corrected chi connectivity index (χ3v) is 4.56. The minimum Gasteiger partial charge on any atom is -0.508 e. The van der Waals surface area contributed by atoms with Crippen LogP contribution in [-0.2, 0) is 16.0 Å². The molecule has 0 heterocycles. The summed E-state index contributed by atoms with van der Waals surface area (Å²) in [4.78, 5) is 25.0. The van der Waals surface area contributed by atoms with Gasteiger partial charge in [0.2, 0.25) is 11.8 Å². The van der Waals surface area contributed by atoms with Crippen molar-refractivity contribution in [1.29, 1.82) is 0 Å². The number of hydrogen-bond donors (Lipinski definition) is 5. The number of nitrogens with one attached hydrogen (secondary N) is 2. The van der Waals surface area contributed by atoms with Crippen LogP contribution < -0.4 is 16.4 Å². The first-order valence-corrected chi connectivity index (χ1v) is 9.20. The zero-order valence-corrected chi connectivity index (χ0v) is 15.7. The number of carbonyl (C=O) groups excluding carboxylic acids is 2. The van der Waals surface area contributed by atoms with Crippen molar-refractivity contribution in [3.63, 3.8) is 0 Å². The molecule has 3 aromatic rings. The summed E-state index contributed by atoms with van der Waals surface area (Å²) in [6.45, 7) is -0.524. The first kappa shape index (κ1) is 20.3. The van der Waals surface area contributed by atoms with Gasteiger partial charge in [-0.1, -0.05) is 42.5 Å². The fourth-order valence-electron chi connectivity index (χ4n) is 2.94. The average Bonchev–Trinajstić information content (AvgIpc) is 2.74. The molecular formula is C22H23N3O4. The number of rotatable bonds is 7. The van der Waals surface area contributed by atoms with Crippen molar-refractivity contribution in [3.05, 3.63) is 72.3 Å². The van der Waals surface area contributed by atoms with Crippen LogP contribution in [0.2, 0.25) is 0 Å². The van der Waals surface area contributed by atoms with E-state index >= 15 is 0 Å². The van der Waals surface area contributed by atoms with E-state index in [1.807, 2.05) is 36.4 Å². The molecule has 0 saturated heterocycles. The van der Waals surface area contributed by atoms with Gasteiger partial charge in [0, 0.05) is 12.1 Å². The molecule has 7 heteroatoms. The Bertz CT molecular complexity index is 1000. The predicted octanol–water partition coefficient (Wildman–Crippen LogP) is 1.53. The average molecular weight is 393 g/mol. The van der Waals surface area contributed by atoms with Crippen LogP contribution in [0, 0.1) is 0 Å². The SMILES string of the molecule is N[C@@H](CO)C(=O)N[C@@H](Cc1ccc(O)cc1)C(=O)Nc1ccc2ccccc2c1. The number of hydrogen-bond acceptors (Lipinski definition) is 5. The minimum absolute atomic E-state index is 0.109. The Balaban J connectivity index is 1.79. The third-order valence-electron chi connectivity index (χ3n) is 4.56. The van der Waals surface area contributed by atoms with E-state index in [0.29, 0.717) is 5.69 Å². The van der Waals surface area contributed by atoms with Crippen molar-refractivity contribution in [3.8, 4) is 5.75 Å². The van der Waals surface area contributed by atoms with Crippen molar-refractivity contribution >= 4 is 28.3 Å². The molecule has 3 rings (SSSR count). The molecule has 2 amide bonds. The number of phenolic OH excluding ortho intramolecular Hbond substituents is 1. The van der Waals surface area contributed by atoms with Gasteiger partial charge in [-0.3, -0.25) is 9.59 Å². The summed E-state index contributed by atoms with van der Waals surface area (Å²) in [7, 11) is 0. The van der Waals surface area contributed by atoms with E-state index in [1.54, 1.807) is 18.2 Å². The molecular weight excluding hydrogens is 370 g/mol. The summed E-state index contributed by atoms with van der Waals surface area (Å²) in [6.07, 6.45) is 0.198.